The van der Waals surface area contributed by atoms with E-state index in [4.69, 9.17) is 12.2 Å². The molecule has 1 aliphatic carbocycles. The summed E-state index contributed by atoms with van der Waals surface area (Å²) in [5, 5.41) is 34.1. The minimum atomic E-state index is -3.05. The van der Waals surface area contributed by atoms with Crippen molar-refractivity contribution in [3.63, 3.8) is 0 Å². The van der Waals surface area contributed by atoms with E-state index in [1.807, 2.05) is 21.6 Å². The van der Waals surface area contributed by atoms with Gasteiger partial charge in [0.25, 0.3) is 5.60 Å². The van der Waals surface area contributed by atoms with Gasteiger partial charge in [-0.3, -0.25) is 0 Å². The molecular weight excluding hydrogens is 625 g/mol. The standard InChI is InChI=1S/C35H33F3N4O4Si/c1-45-20-46-35(18-39,19-40)30-31(36)28(29(34(43)44)32(37)33(30)38)27-23-10-8-21(41-12-4-5-13-41)16-25(23)47(2,3)26-17-22(9-11-24(26)27)42-14-6-7-15-42/h8-11,16-17H,4-7,12-15,20H2,1-3H3/i12D,14D. The number of halogens is 3. The Kier molecular flexibility index (Phi) is 7.80. The topological polar surface area (TPSA) is 112 Å². The predicted molar refractivity (Wildman–Crippen MR) is 169 cm³/mol. The van der Waals surface area contributed by atoms with Gasteiger partial charge in [-0.25, -0.2) is 17.7 Å². The summed E-state index contributed by atoms with van der Waals surface area (Å²) in [4.78, 5) is 14.6. The normalized spacial score (nSPS) is 23.8. The molecule has 0 amide bonds. The number of nitriles is 2. The molecular formula is C35H33F3N4O4Si. The molecule has 242 valence electrons. The zero-order chi connectivity index (χ0) is 35.4. The van der Waals surface area contributed by atoms with Gasteiger partial charge in [0.05, 0.1) is 11.5 Å². The molecule has 0 saturated carbocycles. The lowest BCUT2D eigenvalue weighted by atomic mass is 9.83. The van der Waals surface area contributed by atoms with Gasteiger partial charge in [-0.1, -0.05) is 19.2 Å². The number of carbonyl (C=O) groups excluding carboxylic acids is 1. The molecule has 0 bridgehead atoms. The van der Waals surface area contributed by atoms with Gasteiger partial charge >= 0.3 is 0 Å². The van der Waals surface area contributed by atoms with E-state index in [1.165, 1.54) is 12.1 Å². The minimum absolute atomic E-state index is 0.0870. The van der Waals surface area contributed by atoms with Gasteiger partial charge in [0, 0.05) is 63.4 Å². The highest BCUT2D eigenvalue weighted by Gasteiger charge is 2.47. The van der Waals surface area contributed by atoms with Crippen LogP contribution in [0.4, 0.5) is 18.9 Å². The smallest absolute Gasteiger partial charge is 0.275 e. The molecule has 12 heteroatoms. The summed E-state index contributed by atoms with van der Waals surface area (Å²) < 4.78 is 77.9. The van der Waals surface area contributed by atoms with E-state index in [9.17, 15) is 20.4 Å². The summed E-state index contributed by atoms with van der Waals surface area (Å²) in [6.07, 6.45) is 8.30. The molecule has 3 heterocycles. The average Bonchev–Trinajstić information content (AvgIpc) is 3.72. The lowest BCUT2D eigenvalue weighted by molar-refractivity contribution is -0.504. The van der Waals surface area contributed by atoms with Crippen LogP contribution in [0.2, 0.25) is 13.1 Å². The van der Waals surface area contributed by atoms with Crippen molar-refractivity contribution in [2.24, 2.45) is 0 Å². The Bertz CT molecular complexity index is 1980. The average molecular weight is 661 g/mol. The van der Waals surface area contributed by atoms with Crippen molar-refractivity contribution in [3.05, 3.63) is 86.9 Å². The van der Waals surface area contributed by atoms with Gasteiger partial charge < -0.3 is 24.3 Å². The first-order chi connectivity index (χ1) is 23.3. The fourth-order valence-corrected chi connectivity index (χ4v) is 10.0. The second-order valence-corrected chi connectivity index (χ2v) is 16.6. The summed E-state index contributed by atoms with van der Waals surface area (Å²) in [7, 11) is -1.63. The number of allylic oxidation sites excluding steroid dienone is 5. The van der Waals surface area contributed by atoms with Crippen LogP contribution in [-0.4, -0.2) is 64.4 Å². The maximum atomic E-state index is 17.2. The van der Waals surface area contributed by atoms with E-state index in [0.29, 0.717) is 37.1 Å². The van der Waals surface area contributed by atoms with Crippen LogP contribution in [0, 0.1) is 40.1 Å². The minimum Gasteiger partial charge on any atom is -0.545 e. The molecule has 2 aromatic rings. The van der Waals surface area contributed by atoms with Crippen LogP contribution in [0.15, 0.2) is 47.2 Å². The zero-order valence-electron chi connectivity index (χ0n) is 28.1. The third kappa shape index (κ3) is 5.12. The summed E-state index contributed by atoms with van der Waals surface area (Å²) in [6, 6.07) is 8.14. The number of benzene rings is 2. The quantitative estimate of drug-likeness (QED) is 0.191. The SMILES string of the molecule is [2H]C1CCCN1c1ccc2c(c1)[Si](C)(C)C1=CC(=[N+]3CCCC3[2H])C=CC1=C2c1c(F)c(C(C#N)(C#N)OCOC)c(F)c(F)c1C(=O)[O-]. The molecule has 0 N–H and O–H groups in total. The lowest BCUT2D eigenvalue weighted by Crippen LogP contribution is -2.50. The number of ether oxygens (including phenoxy) is 2. The molecule has 0 spiro atoms. The van der Waals surface area contributed by atoms with E-state index in [1.54, 1.807) is 24.3 Å². The van der Waals surface area contributed by atoms with E-state index in [0.717, 1.165) is 41.7 Å². The zero-order valence-corrected chi connectivity index (χ0v) is 27.1. The molecule has 0 aromatic heterocycles. The van der Waals surface area contributed by atoms with Crippen LogP contribution in [0.3, 0.4) is 0 Å². The number of carbonyl (C=O) groups is 1. The number of aromatic carboxylic acids is 1. The van der Waals surface area contributed by atoms with Crippen LogP contribution in [0.5, 0.6) is 0 Å². The van der Waals surface area contributed by atoms with Crippen molar-refractivity contribution in [2.75, 3.05) is 44.9 Å². The molecule has 2 atom stereocenters. The highest BCUT2D eigenvalue weighted by Crippen LogP contribution is 2.46. The molecule has 3 aliphatic heterocycles. The number of nitrogens with zero attached hydrogens (tertiary/aromatic N) is 4. The van der Waals surface area contributed by atoms with Gasteiger partial charge in [-0.15, -0.1) is 0 Å². The van der Waals surface area contributed by atoms with E-state index in [2.05, 4.69) is 13.1 Å². The molecule has 8 nitrogen and oxygen atoms in total. The van der Waals surface area contributed by atoms with Crippen molar-refractivity contribution in [3.8, 4) is 12.1 Å². The Morgan fingerprint density at radius 1 is 1.13 bits per heavy atom. The highest BCUT2D eigenvalue weighted by atomic mass is 28.3. The number of anilines is 1. The van der Waals surface area contributed by atoms with Crippen LogP contribution in [0.25, 0.3) is 5.57 Å². The van der Waals surface area contributed by atoms with Crippen molar-refractivity contribution >= 4 is 36.2 Å². The maximum Gasteiger partial charge on any atom is 0.275 e. The van der Waals surface area contributed by atoms with Crippen LogP contribution >= 0.6 is 0 Å². The van der Waals surface area contributed by atoms with Crippen molar-refractivity contribution < 1.29 is 39.9 Å². The second-order valence-electron chi connectivity index (χ2n) is 12.3. The summed E-state index contributed by atoms with van der Waals surface area (Å²) in [5.74, 6) is -7.97. The van der Waals surface area contributed by atoms with Gasteiger partial charge in [-0.2, -0.15) is 10.5 Å². The highest BCUT2D eigenvalue weighted by molar-refractivity contribution is 6.98. The maximum absolute atomic E-state index is 17.2. The molecule has 2 fully saturated rings. The monoisotopic (exact) mass is 660 g/mol. The molecule has 2 saturated heterocycles. The lowest BCUT2D eigenvalue weighted by Gasteiger charge is -2.39. The van der Waals surface area contributed by atoms with E-state index >= 15 is 13.2 Å². The van der Waals surface area contributed by atoms with Crippen molar-refractivity contribution in [1.29, 1.82) is 10.5 Å². The van der Waals surface area contributed by atoms with Crippen LogP contribution in [-0.2, 0) is 15.1 Å². The number of hydrogen-bond acceptors (Lipinski definition) is 7. The van der Waals surface area contributed by atoms with Crippen molar-refractivity contribution in [2.45, 2.75) is 44.4 Å². The summed E-state index contributed by atoms with van der Waals surface area (Å²) in [5.41, 5.74) is -4.65. The van der Waals surface area contributed by atoms with Crippen LogP contribution in [0.1, 0.15) is 55.5 Å². The molecule has 47 heavy (non-hydrogen) atoms. The van der Waals surface area contributed by atoms with Gasteiger partial charge in [0.15, 0.2) is 17.3 Å². The Morgan fingerprint density at radius 3 is 2.51 bits per heavy atom. The number of fused-ring (bicyclic) bond motifs is 2. The first-order valence-electron chi connectivity index (χ1n) is 16.4. The van der Waals surface area contributed by atoms with Crippen LogP contribution < -0.4 is 15.2 Å². The molecule has 0 radical (unpaired) electrons. The Labute approximate surface area is 274 Å². The van der Waals surface area contributed by atoms with Gasteiger partial charge in [0.2, 0.25) is 0 Å². The summed E-state index contributed by atoms with van der Waals surface area (Å²) >= 11 is 0. The molecule has 4 aliphatic rings. The molecule has 2 unspecified atom stereocenters. The van der Waals surface area contributed by atoms with Gasteiger partial charge in [-0.05, 0) is 58.1 Å². The number of carboxylic acids is 1. The first-order valence-corrected chi connectivity index (χ1v) is 18.3. The third-order valence-corrected chi connectivity index (χ3v) is 12.8. The fourth-order valence-electron chi connectivity index (χ4n) is 6.94. The predicted octanol–water partition coefficient (Wildman–Crippen LogP) is 3.94. The molecule has 6 rings (SSSR count). The Balaban J connectivity index is 1.74. The molecule has 2 aromatic carbocycles. The first kappa shape index (κ1) is 29.9. The van der Waals surface area contributed by atoms with Gasteiger partial charge in [0.1, 0.15) is 47.3 Å². The third-order valence-electron chi connectivity index (χ3n) is 9.30. The number of hydrogen-bond donors (Lipinski definition) is 0. The second kappa shape index (κ2) is 12.3. The summed E-state index contributed by atoms with van der Waals surface area (Å²) in [6.45, 7) is 3.70. The Hall–Kier alpha value is -4.49. The fraction of sp³-hybridized carbons (Fsp3) is 0.371. The number of carboxylic acid groups (broad SMARTS) is 1. The number of rotatable bonds is 7. The Morgan fingerprint density at radius 2 is 1.89 bits per heavy atom. The number of methoxy groups -OCH3 is 1. The largest absolute Gasteiger partial charge is 0.545 e. The van der Waals surface area contributed by atoms with Crippen molar-refractivity contribution in [1.82, 2.24) is 0 Å². The van der Waals surface area contributed by atoms with E-state index in [-0.39, 0.29) is 5.57 Å². The van der Waals surface area contributed by atoms with E-state index < -0.39 is 73.6 Å².